The van der Waals surface area contributed by atoms with E-state index >= 15 is 0 Å². The van der Waals surface area contributed by atoms with Gasteiger partial charge in [0.05, 0.1) is 36.3 Å². The molecule has 0 aliphatic carbocycles. The normalized spacial score (nSPS) is 19.5. The molecule has 4 rings (SSSR count). The number of carbonyl (C=O) groups excluding carboxylic acids is 2. The predicted molar refractivity (Wildman–Crippen MR) is 107 cm³/mol. The number of carboxylic acid groups (broad SMARTS) is 1. The molecular formula is C20H23F3N4O6. The molecular weight excluding hydrogens is 449 g/mol. The van der Waals surface area contributed by atoms with Crippen LogP contribution in [0.2, 0.25) is 0 Å². The summed E-state index contributed by atoms with van der Waals surface area (Å²) in [7, 11) is 1.58. The summed E-state index contributed by atoms with van der Waals surface area (Å²) in [6.45, 7) is 1.97. The fourth-order valence-corrected chi connectivity index (χ4v) is 3.83. The van der Waals surface area contributed by atoms with Gasteiger partial charge in [0, 0.05) is 18.7 Å². The zero-order chi connectivity index (χ0) is 24.2. The minimum absolute atomic E-state index is 0.126. The van der Waals surface area contributed by atoms with E-state index in [4.69, 9.17) is 19.4 Å². The summed E-state index contributed by atoms with van der Waals surface area (Å²) in [6, 6.07) is 3.54. The van der Waals surface area contributed by atoms with Crippen molar-refractivity contribution in [2.45, 2.75) is 31.5 Å². The second-order valence-electron chi connectivity index (χ2n) is 7.73. The molecule has 2 aromatic heterocycles. The lowest BCUT2D eigenvalue weighted by Gasteiger charge is -2.29. The van der Waals surface area contributed by atoms with Gasteiger partial charge in [-0.1, -0.05) is 0 Å². The van der Waals surface area contributed by atoms with E-state index in [1.54, 1.807) is 30.0 Å². The molecule has 1 atom stereocenters. The van der Waals surface area contributed by atoms with Crippen LogP contribution in [0.5, 0.6) is 5.75 Å². The number of ether oxygens (including phenoxy) is 2. The molecule has 3 N–H and O–H groups in total. The van der Waals surface area contributed by atoms with Crippen molar-refractivity contribution >= 4 is 23.4 Å². The summed E-state index contributed by atoms with van der Waals surface area (Å²) in [6.07, 6.45) is 0.162. The second-order valence-corrected chi connectivity index (χ2v) is 7.73. The van der Waals surface area contributed by atoms with Crippen molar-refractivity contribution < 1.29 is 42.1 Å². The Morgan fingerprint density at radius 2 is 2.06 bits per heavy atom. The summed E-state index contributed by atoms with van der Waals surface area (Å²) >= 11 is 0. The van der Waals surface area contributed by atoms with Gasteiger partial charge in [-0.25, -0.2) is 9.31 Å². The van der Waals surface area contributed by atoms with E-state index < -0.39 is 12.1 Å². The van der Waals surface area contributed by atoms with Crippen LogP contribution < -0.4 is 15.4 Å². The van der Waals surface area contributed by atoms with Gasteiger partial charge in [-0.05, 0) is 32.0 Å². The number of methoxy groups -OCH3 is 1. The van der Waals surface area contributed by atoms with E-state index in [0.717, 1.165) is 25.9 Å². The number of aromatic nitrogens is 2. The zero-order valence-electron chi connectivity index (χ0n) is 17.6. The van der Waals surface area contributed by atoms with Gasteiger partial charge in [0.2, 0.25) is 0 Å². The maximum absolute atomic E-state index is 12.6. The number of nitrogens with one attached hydrogen (secondary N) is 2. The molecule has 33 heavy (non-hydrogen) atoms. The van der Waals surface area contributed by atoms with Gasteiger partial charge in [0.25, 0.3) is 5.91 Å². The first-order valence-corrected chi connectivity index (χ1v) is 10.1. The lowest BCUT2D eigenvalue weighted by molar-refractivity contribution is -0.192. The van der Waals surface area contributed by atoms with Crippen LogP contribution >= 0.6 is 0 Å². The Kier molecular flexibility index (Phi) is 7.10. The Morgan fingerprint density at radius 1 is 1.39 bits per heavy atom. The standard InChI is InChI=1S/C18H22N4O4.C2HF3O2/c1-25-12-2-7-22-15(8-12)14(11-21-22)16(23)20-10-13-9-18(17(24)26-13)3-5-19-6-4-18;3-2(4,5)1(6)7/h2,7-8,11,13,19H,3-6,9-10H2,1H3,(H,20,23);(H,6,7). The lowest BCUT2D eigenvalue weighted by Crippen LogP contribution is -2.39. The van der Waals surface area contributed by atoms with Crippen LogP contribution in [-0.4, -0.2) is 71.6 Å². The van der Waals surface area contributed by atoms with E-state index in [2.05, 4.69) is 15.7 Å². The van der Waals surface area contributed by atoms with E-state index in [1.165, 1.54) is 6.20 Å². The second kappa shape index (κ2) is 9.65. The molecule has 2 aromatic rings. The van der Waals surface area contributed by atoms with Gasteiger partial charge >= 0.3 is 18.1 Å². The van der Waals surface area contributed by atoms with Crippen molar-refractivity contribution in [3.8, 4) is 5.75 Å². The van der Waals surface area contributed by atoms with Crippen LogP contribution in [-0.2, 0) is 14.3 Å². The number of esters is 1. The lowest BCUT2D eigenvalue weighted by atomic mass is 9.76. The van der Waals surface area contributed by atoms with Crippen LogP contribution in [0.4, 0.5) is 13.2 Å². The van der Waals surface area contributed by atoms with Crippen LogP contribution in [0.3, 0.4) is 0 Å². The summed E-state index contributed by atoms with van der Waals surface area (Å²) in [5.41, 5.74) is 0.753. The average Bonchev–Trinajstić information content (AvgIpc) is 3.33. The molecule has 2 aliphatic rings. The summed E-state index contributed by atoms with van der Waals surface area (Å²) < 4.78 is 44.1. The highest BCUT2D eigenvalue weighted by Gasteiger charge is 2.49. The Bertz CT molecular complexity index is 1030. The minimum Gasteiger partial charge on any atom is -0.497 e. The molecule has 0 bridgehead atoms. The number of hydrogen-bond acceptors (Lipinski definition) is 7. The van der Waals surface area contributed by atoms with Crippen LogP contribution in [0.15, 0.2) is 24.5 Å². The fourth-order valence-electron chi connectivity index (χ4n) is 3.83. The van der Waals surface area contributed by atoms with E-state index in [9.17, 15) is 22.8 Å². The number of nitrogens with zero attached hydrogens (tertiary/aromatic N) is 2. The number of amides is 1. The van der Waals surface area contributed by atoms with Gasteiger partial charge in [-0.15, -0.1) is 0 Å². The molecule has 0 saturated carbocycles. The third-order valence-corrected chi connectivity index (χ3v) is 5.59. The SMILES string of the molecule is COc1ccn2ncc(C(=O)NCC3CC4(CCNCC4)C(=O)O3)c2c1.O=C(O)C(F)(F)F. The Morgan fingerprint density at radius 3 is 2.67 bits per heavy atom. The van der Waals surface area contributed by atoms with Crippen molar-refractivity contribution in [3.63, 3.8) is 0 Å². The Hall–Kier alpha value is -3.35. The van der Waals surface area contributed by atoms with Gasteiger partial charge in [-0.2, -0.15) is 18.3 Å². The Balaban J connectivity index is 0.000000383. The minimum atomic E-state index is -5.08. The quantitative estimate of drug-likeness (QED) is 0.569. The van der Waals surface area contributed by atoms with E-state index in [1.807, 2.05) is 0 Å². The molecule has 1 unspecified atom stereocenters. The largest absolute Gasteiger partial charge is 0.497 e. The number of carboxylic acids is 1. The summed E-state index contributed by atoms with van der Waals surface area (Å²) in [5.74, 6) is -2.47. The monoisotopic (exact) mass is 472 g/mol. The highest BCUT2D eigenvalue weighted by molar-refractivity contribution is 6.00. The number of piperidine rings is 1. The number of fused-ring (bicyclic) bond motifs is 1. The van der Waals surface area contributed by atoms with Crippen molar-refractivity contribution in [2.24, 2.45) is 5.41 Å². The van der Waals surface area contributed by atoms with Crippen molar-refractivity contribution in [2.75, 3.05) is 26.7 Å². The molecule has 0 radical (unpaired) electrons. The van der Waals surface area contributed by atoms with Crippen molar-refractivity contribution in [3.05, 3.63) is 30.1 Å². The summed E-state index contributed by atoms with van der Waals surface area (Å²) in [4.78, 5) is 33.8. The predicted octanol–water partition coefficient (Wildman–Crippen LogP) is 1.39. The van der Waals surface area contributed by atoms with Gasteiger partial charge < -0.3 is 25.2 Å². The molecule has 10 nitrogen and oxygen atoms in total. The number of rotatable bonds is 4. The maximum atomic E-state index is 12.6. The number of alkyl halides is 3. The number of halogens is 3. The molecule has 1 amide bonds. The third kappa shape index (κ3) is 5.53. The molecule has 2 saturated heterocycles. The van der Waals surface area contributed by atoms with Crippen LogP contribution in [0.25, 0.3) is 5.52 Å². The van der Waals surface area contributed by atoms with Crippen LogP contribution in [0, 0.1) is 5.41 Å². The first-order valence-electron chi connectivity index (χ1n) is 10.1. The molecule has 1 spiro atoms. The first-order chi connectivity index (χ1) is 15.6. The van der Waals surface area contributed by atoms with Gasteiger partial charge in [-0.3, -0.25) is 9.59 Å². The topological polar surface area (TPSA) is 131 Å². The molecule has 2 fully saturated rings. The number of hydrogen-bond donors (Lipinski definition) is 3. The van der Waals surface area contributed by atoms with E-state index in [0.29, 0.717) is 29.8 Å². The summed E-state index contributed by atoms with van der Waals surface area (Å²) in [5, 5.41) is 17.5. The average molecular weight is 472 g/mol. The number of cyclic esters (lactones) is 1. The highest BCUT2D eigenvalue weighted by Crippen LogP contribution is 2.41. The molecule has 180 valence electrons. The van der Waals surface area contributed by atoms with Crippen molar-refractivity contribution in [1.29, 1.82) is 0 Å². The Labute approximate surface area is 186 Å². The fraction of sp³-hybridized carbons (Fsp3) is 0.500. The molecule has 0 aromatic carbocycles. The van der Waals surface area contributed by atoms with E-state index in [-0.39, 0.29) is 23.4 Å². The molecule has 13 heteroatoms. The number of pyridine rings is 1. The zero-order valence-corrected chi connectivity index (χ0v) is 17.6. The third-order valence-electron chi connectivity index (χ3n) is 5.59. The molecule has 2 aliphatic heterocycles. The smallest absolute Gasteiger partial charge is 0.490 e. The van der Waals surface area contributed by atoms with Crippen LogP contribution in [0.1, 0.15) is 29.6 Å². The van der Waals surface area contributed by atoms with Gasteiger partial charge in [0.15, 0.2) is 0 Å². The number of aliphatic carboxylic acids is 1. The first kappa shape index (κ1) is 24.3. The highest BCUT2D eigenvalue weighted by atomic mass is 19.4. The van der Waals surface area contributed by atoms with Gasteiger partial charge in [0.1, 0.15) is 11.9 Å². The maximum Gasteiger partial charge on any atom is 0.490 e. The molecule has 4 heterocycles. The van der Waals surface area contributed by atoms with Crippen molar-refractivity contribution in [1.82, 2.24) is 20.2 Å². The number of carbonyl (C=O) groups is 3.